The van der Waals surface area contributed by atoms with Gasteiger partial charge in [-0.15, -0.1) is 11.8 Å². The summed E-state index contributed by atoms with van der Waals surface area (Å²) in [5.74, 6) is -0.962. The number of thioether (sulfide) groups is 1. The second kappa shape index (κ2) is 8.52. The number of para-hydroxylation sites is 1. The van der Waals surface area contributed by atoms with Gasteiger partial charge in [0.25, 0.3) is 11.8 Å². The molecule has 1 saturated heterocycles. The number of aliphatic carboxylic acids is 1. The van der Waals surface area contributed by atoms with Crippen molar-refractivity contribution in [2.75, 3.05) is 5.75 Å². The van der Waals surface area contributed by atoms with Crippen LogP contribution in [-0.4, -0.2) is 45.0 Å². The Bertz CT molecular complexity index is 1110. The van der Waals surface area contributed by atoms with Crippen molar-refractivity contribution in [1.29, 1.82) is 0 Å². The quantitative estimate of drug-likeness (QED) is 0.611. The highest BCUT2D eigenvalue weighted by atomic mass is 35.5. The molecule has 10 heteroatoms. The number of hydrogen-bond acceptors (Lipinski definition) is 6. The van der Waals surface area contributed by atoms with Crippen LogP contribution in [0.4, 0.5) is 0 Å². The summed E-state index contributed by atoms with van der Waals surface area (Å²) in [6.07, 6.45) is 1.43. The minimum absolute atomic E-state index is 0.0191. The van der Waals surface area contributed by atoms with Crippen LogP contribution in [0.3, 0.4) is 0 Å². The van der Waals surface area contributed by atoms with Gasteiger partial charge >= 0.3 is 5.97 Å². The Kier molecular flexibility index (Phi) is 5.79. The molecule has 0 unspecified atom stereocenters. The summed E-state index contributed by atoms with van der Waals surface area (Å²) in [4.78, 5) is 37.8. The second-order valence-electron chi connectivity index (χ2n) is 6.73. The van der Waals surface area contributed by atoms with Crippen LogP contribution in [-0.2, 0) is 16.2 Å². The van der Waals surface area contributed by atoms with Gasteiger partial charge in [0, 0.05) is 5.75 Å². The number of β-lactam (4-membered cyclic amide) rings is 1. The lowest BCUT2D eigenvalue weighted by atomic mass is 10.0. The average Bonchev–Trinajstić information content (AvgIpc) is 3.24. The highest BCUT2D eigenvalue weighted by Crippen LogP contribution is 2.40. The molecular weight excluding hydrogens is 444 g/mol. The Morgan fingerprint density at radius 1 is 1.35 bits per heavy atom. The molecule has 0 saturated carbocycles. The molecule has 31 heavy (non-hydrogen) atoms. The standard InChI is InChI=1S/C21H17ClN2O6S/c1-2-11-10-31-20-16(19(26)24(20)17(11)21(27)28)23-18(25)15-8-7-12(30-15)9-29-14-6-4-3-5-13(14)22/h2-8,16,20H,1,9-10H2,(H,23,25)(H,27,28)/t16-,20-/m1/s1. The monoisotopic (exact) mass is 460 g/mol. The van der Waals surface area contributed by atoms with Crippen molar-refractivity contribution in [2.24, 2.45) is 0 Å². The van der Waals surface area contributed by atoms with E-state index in [-0.39, 0.29) is 18.1 Å². The number of allylic oxidation sites excluding steroid dienone is 1. The largest absolute Gasteiger partial charge is 0.484 e. The van der Waals surface area contributed by atoms with Crippen molar-refractivity contribution in [3.8, 4) is 5.75 Å². The zero-order valence-electron chi connectivity index (χ0n) is 16.0. The number of amides is 2. The van der Waals surface area contributed by atoms with Crippen molar-refractivity contribution in [2.45, 2.75) is 18.0 Å². The van der Waals surface area contributed by atoms with Crippen LogP contribution in [0.25, 0.3) is 0 Å². The molecular formula is C21H17ClN2O6S. The summed E-state index contributed by atoms with van der Waals surface area (Å²) in [5.41, 5.74) is 0.382. The molecule has 2 atom stereocenters. The van der Waals surface area contributed by atoms with E-state index in [4.69, 9.17) is 20.8 Å². The summed E-state index contributed by atoms with van der Waals surface area (Å²) in [6.45, 7) is 3.67. The van der Waals surface area contributed by atoms with E-state index in [0.717, 1.165) is 0 Å². The smallest absolute Gasteiger partial charge is 0.352 e. The maximum Gasteiger partial charge on any atom is 0.352 e. The summed E-state index contributed by atoms with van der Waals surface area (Å²) < 4.78 is 11.1. The lowest BCUT2D eigenvalue weighted by molar-refractivity contribution is -0.148. The molecule has 0 bridgehead atoms. The first-order chi connectivity index (χ1) is 14.9. The minimum atomic E-state index is -1.20. The molecule has 2 N–H and O–H groups in total. The van der Waals surface area contributed by atoms with Gasteiger partial charge in [0.1, 0.15) is 35.2 Å². The summed E-state index contributed by atoms with van der Waals surface area (Å²) in [6, 6.07) is 9.21. The molecule has 2 amide bonds. The van der Waals surface area contributed by atoms with Crippen LogP contribution in [0.2, 0.25) is 5.02 Å². The van der Waals surface area contributed by atoms with E-state index in [1.165, 1.54) is 28.8 Å². The average molecular weight is 461 g/mol. The molecule has 0 spiro atoms. The molecule has 160 valence electrons. The van der Waals surface area contributed by atoms with Crippen LogP contribution in [0, 0.1) is 0 Å². The molecule has 1 fully saturated rings. The predicted octanol–water partition coefficient (Wildman–Crippen LogP) is 3.05. The third-order valence-corrected chi connectivity index (χ3v) is 6.44. The van der Waals surface area contributed by atoms with E-state index in [1.54, 1.807) is 30.3 Å². The Morgan fingerprint density at radius 2 is 2.13 bits per heavy atom. The molecule has 8 nitrogen and oxygen atoms in total. The van der Waals surface area contributed by atoms with Crippen molar-refractivity contribution in [3.05, 3.63) is 76.9 Å². The Balaban J connectivity index is 1.39. The molecule has 2 aromatic rings. The minimum Gasteiger partial charge on any atom is -0.484 e. The number of nitrogens with one attached hydrogen (secondary N) is 1. The molecule has 0 radical (unpaired) electrons. The number of halogens is 1. The fourth-order valence-corrected chi connectivity index (χ4v) is 4.83. The number of fused-ring (bicyclic) bond motifs is 1. The molecule has 1 aromatic carbocycles. The lowest BCUT2D eigenvalue weighted by Gasteiger charge is -2.49. The van der Waals surface area contributed by atoms with Gasteiger partial charge in [-0.2, -0.15) is 0 Å². The molecule has 2 aliphatic rings. The van der Waals surface area contributed by atoms with E-state index in [1.807, 2.05) is 0 Å². The SMILES string of the molecule is C=CC1=C(C(=O)O)N2C(=O)[C@@H](NC(=O)c3ccc(COc4ccccc4Cl)o3)[C@H]2SC1. The maximum atomic E-state index is 12.6. The molecule has 3 heterocycles. The van der Waals surface area contributed by atoms with Crippen molar-refractivity contribution in [1.82, 2.24) is 10.2 Å². The second-order valence-corrected chi connectivity index (χ2v) is 8.24. The third kappa shape index (κ3) is 3.94. The van der Waals surface area contributed by atoms with E-state index < -0.39 is 29.2 Å². The molecule has 2 aliphatic heterocycles. The van der Waals surface area contributed by atoms with Crippen LogP contribution in [0.1, 0.15) is 16.3 Å². The summed E-state index contributed by atoms with van der Waals surface area (Å²) in [7, 11) is 0. The van der Waals surface area contributed by atoms with E-state index in [0.29, 0.717) is 27.9 Å². The Morgan fingerprint density at radius 3 is 2.84 bits per heavy atom. The number of carbonyl (C=O) groups is 3. The van der Waals surface area contributed by atoms with Gasteiger partial charge in [0.05, 0.1) is 5.02 Å². The topological polar surface area (TPSA) is 109 Å². The van der Waals surface area contributed by atoms with Crippen molar-refractivity contribution >= 4 is 41.1 Å². The first kappa shape index (κ1) is 21.1. The predicted molar refractivity (Wildman–Crippen MR) is 114 cm³/mol. The Hall–Kier alpha value is -3.17. The van der Waals surface area contributed by atoms with Crippen LogP contribution in [0.5, 0.6) is 5.75 Å². The third-order valence-electron chi connectivity index (χ3n) is 4.83. The van der Waals surface area contributed by atoms with Gasteiger partial charge in [0.2, 0.25) is 0 Å². The van der Waals surface area contributed by atoms with E-state index >= 15 is 0 Å². The van der Waals surface area contributed by atoms with Gasteiger partial charge < -0.3 is 19.6 Å². The van der Waals surface area contributed by atoms with Gasteiger partial charge in [0.15, 0.2) is 5.76 Å². The molecule has 4 rings (SSSR count). The van der Waals surface area contributed by atoms with Crippen molar-refractivity contribution in [3.63, 3.8) is 0 Å². The number of carbonyl (C=O) groups excluding carboxylic acids is 2. The number of hydrogen-bond donors (Lipinski definition) is 2. The number of benzene rings is 1. The van der Waals surface area contributed by atoms with Crippen molar-refractivity contribution < 1.29 is 28.6 Å². The fraction of sp³-hybridized carbons (Fsp3) is 0.190. The number of ether oxygens (including phenoxy) is 1. The summed E-state index contributed by atoms with van der Waals surface area (Å²) in [5, 5.41) is 12.0. The number of carboxylic acids is 1. The van der Waals surface area contributed by atoms with Crippen LogP contribution in [0.15, 0.2) is 64.7 Å². The van der Waals surface area contributed by atoms with E-state index in [9.17, 15) is 19.5 Å². The normalized spacial score (nSPS) is 20.0. The van der Waals surface area contributed by atoms with Gasteiger partial charge in [-0.05, 0) is 29.8 Å². The van der Waals surface area contributed by atoms with Crippen LogP contribution < -0.4 is 10.1 Å². The molecule has 1 aromatic heterocycles. The van der Waals surface area contributed by atoms with Gasteiger partial charge in [-0.3, -0.25) is 14.5 Å². The Labute approximate surface area is 186 Å². The first-order valence-corrected chi connectivity index (χ1v) is 10.6. The number of carboxylic acid groups (broad SMARTS) is 1. The number of nitrogens with zero attached hydrogens (tertiary/aromatic N) is 1. The number of furan rings is 1. The van der Waals surface area contributed by atoms with Gasteiger partial charge in [-0.1, -0.05) is 36.4 Å². The maximum absolute atomic E-state index is 12.6. The molecule has 0 aliphatic carbocycles. The fourth-order valence-electron chi connectivity index (χ4n) is 3.30. The zero-order valence-corrected chi connectivity index (χ0v) is 17.6. The first-order valence-electron chi connectivity index (χ1n) is 9.21. The van der Waals surface area contributed by atoms with Crippen LogP contribution >= 0.6 is 23.4 Å². The van der Waals surface area contributed by atoms with E-state index in [2.05, 4.69) is 11.9 Å². The lowest BCUT2D eigenvalue weighted by Crippen LogP contribution is -2.70. The number of rotatable bonds is 7. The highest BCUT2D eigenvalue weighted by molar-refractivity contribution is 8.00. The zero-order chi connectivity index (χ0) is 22.1. The highest BCUT2D eigenvalue weighted by Gasteiger charge is 2.54. The summed E-state index contributed by atoms with van der Waals surface area (Å²) >= 11 is 7.40. The van der Waals surface area contributed by atoms with Gasteiger partial charge in [-0.25, -0.2) is 4.79 Å².